The van der Waals surface area contributed by atoms with Crippen LogP contribution < -0.4 is 5.32 Å². The standard InChI is InChI=1S/C15H13NO4/c17-9-8-13(15(18)19)16-10-12-6-7-14(20-12)11-4-2-1-3-5-11/h1-9,16H,10H2,(H,18,19). The molecule has 0 fully saturated rings. The first-order valence-corrected chi connectivity index (χ1v) is 5.97. The smallest absolute Gasteiger partial charge is 0.352 e. The van der Waals surface area contributed by atoms with Crippen LogP contribution in [0.2, 0.25) is 0 Å². The molecule has 0 saturated carbocycles. The molecule has 5 heteroatoms. The van der Waals surface area contributed by atoms with Gasteiger partial charge in [0.05, 0.1) is 6.54 Å². The highest BCUT2D eigenvalue weighted by molar-refractivity contribution is 5.90. The van der Waals surface area contributed by atoms with Crippen molar-refractivity contribution in [2.24, 2.45) is 0 Å². The van der Waals surface area contributed by atoms with E-state index in [2.05, 4.69) is 5.32 Å². The number of benzene rings is 1. The average Bonchev–Trinajstić information content (AvgIpc) is 2.93. The second-order valence-corrected chi connectivity index (χ2v) is 4.01. The van der Waals surface area contributed by atoms with E-state index in [9.17, 15) is 9.59 Å². The molecule has 0 aliphatic heterocycles. The third kappa shape index (κ3) is 3.35. The number of carbonyl (C=O) groups is 2. The van der Waals surface area contributed by atoms with Gasteiger partial charge in [-0.1, -0.05) is 30.3 Å². The first-order chi connectivity index (χ1) is 9.70. The lowest BCUT2D eigenvalue weighted by Crippen LogP contribution is -2.19. The second-order valence-electron chi connectivity index (χ2n) is 4.01. The highest BCUT2D eigenvalue weighted by Crippen LogP contribution is 2.21. The molecule has 20 heavy (non-hydrogen) atoms. The number of rotatable bonds is 6. The van der Waals surface area contributed by atoms with E-state index in [0.29, 0.717) is 17.8 Å². The molecule has 0 amide bonds. The molecule has 2 N–H and O–H groups in total. The molecule has 0 unspecified atom stereocenters. The molecule has 0 atom stereocenters. The van der Waals surface area contributed by atoms with E-state index >= 15 is 0 Å². The molecular formula is C15H13NO4. The largest absolute Gasteiger partial charge is 0.477 e. The number of carboxylic acid groups (broad SMARTS) is 1. The molecule has 2 rings (SSSR count). The third-order valence-electron chi connectivity index (χ3n) is 2.64. The molecule has 0 bridgehead atoms. The van der Waals surface area contributed by atoms with Crippen molar-refractivity contribution in [1.82, 2.24) is 5.32 Å². The van der Waals surface area contributed by atoms with Crippen molar-refractivity contribution < 1.29 is 19.1 Å². The Labute approximate surface area is 115 Å². The van der Waals surface area contributed by atoms with Crippen LogP contribution in [0.5, 0.6) is 0 Å². The Morgan fingerprint density at radius 3 is 2.60 bits per heavy atom. The number of carbonyl (C=O) groups excluding carboxylic acids is 1. The SMILES string of the molecule is O=CC=C(NCc1ccc(-c2ccccc2)o1)C(=O)O. The minimum absolute atomic E-state index is 0.169. The van der Waals surface area contributed by atoms with Gasteiger partial charge in [0.25, 0.3) is 0 Å². The van der Waals surface area contributed by atoms with Crippen molar-refractivity contribution in [3.8, 4) is 11.3 Å². The molecule has 1 aromatic carbocycles. The van der Waals surface area contributed by atoms with Gasteiger partial charge < -0.3 is 14.8 Å². The molecular weight excluding hydrogens is 258 g/mol. The number of hydrogen-bond acceptors (Lipinski definition) is 4. The van der Waals surface area contributed by atoms with Gasteiger partial charge >= 0.3 is 5.97 Å². The van der Waals surface area contributed by atoms with Crippen LogP contribution >= 0.6 is 0 Å². The number of aldehydes is 1. The Kier molecular flexibility index (Phi) is 4.34. The normalized spacial score (nSPS) is 11.1. The Morgan fingerprint density at radius 2 is 1.95 bits per heavy atom. The summed E-state index contributed by atoms with van der Waals surface area (Å²) in [6.45, 7) is 0.193. The summed E-state index contributed by atoms with van der Waals surface area (Å²) in [5, 5.41) is 11.5. The molecule has 0 spiro atoms. The van der Waals surface area contributed by atoms with Crippen LogP contribution in [0.4, 0.5) is 0 Å². The number of furan rings is 1. The van der Waals surface area contributed by atoms with Crippen LogP contribution in [0.3, 0.4) is 0 Å². The maximum atomic E-state index is 10.8. The molecule has 0 radical (unpaired) electrons. The Hall–Kier alpha value is -2.82. The summed E-state index contributed by atoms with van der Waals surface area (Å²) >= 11 is 0. The fourth-order valence-electron chi connectivity index (χ4n) is 1.69. The van der Waals surface area contributed by atoms with Gasteiger partial charge in [-0.15, -0.1) is 0 Å². The first kappa shape index (κ1) is 13.6. The van der Waals surface area contributed by atoms with Crippen LogP contribution in [0, 0.1) is 0 Å². The summed E-state index contributed by atoms with van der Waals surface area (Å²) < 4.78 is 5.61. The predicted octanol–water partition coefficient (Wildman–Crippen LogP) is 2.20. The van der Waals surface area contributed by atoms with Crippen molar-refractivity contribution in [2.45, 2.75) is 6.54 Å². The zero-order valence-corrected chi connectivity index (χ0v) is 10.6. The Balaban J connectivity index is 2.05. The van der Waals surface area contributed by atoms with Crippen LogP contribution in [-0.2, 0) is 16.1 Å². The number of allylic oxidation sites excluding steroid dienone is 1. The topological polar surface area (TPSA) is 79.5 Å². The van der Waals surface area contributed by atoms with Gasteiger partial charge in [-0.05, 0) is 12.1 Å². The van der Waals surface area contributed by atoms with Crippen molar-refractivity contribution in [3.05, 3.63) is 60.0 Å². The Morgan fingerprint density at radius 1 is 1.20 bits per heavy atom. The second kappa shape index (κ2) is 6.38. The maximum absolute atomic E-state index is 10.8. The van der Waals surface area contributed by atoms with Crippen molar-refractivity contribution in [3.63, 3.8) is 0 Å². The number of carboxylic acids is 1. The van der Waals surface area contributed by atoms with Crippen molar-refractivity contribution in [1.29, 1.82) is 0 Å². The van der Waals surface area contributed by atoms with Gasteiger partial charge in [0.2, 0.25) is 0 Å². The highest BCUT2D eigenvalue weighted by atomic mass is 16.4. The van der Waals surface area contributed by atoms with Gasteiger partial charge in [0.15, 0.2) is 0 Å². The molecule has 1 heterocycles. The van der Waals surface area contributed by atoms with Crippen LogP contribution in [0.25, 0.3) is 11.3 Å². The average molecular weight is 271 g/mol. The lowest BCUT2D eigenvalue weighted by Gasteiger charge is -2.03. The molecule has 2 aromatic rings. The maximum Gasteiger partial charge on any atom is 0.352 e. The van der Waals surface area contributed by atoms with Crippen LogP contribution in [-0.4, -0.2) is 17.4 Å². The van der Waals surface area contributed by atoms with Gasteiger partial charge in [-0.3, -0.25) is 4.79 Å². The van der Waals surface area contributed by atoms with Crippen LogP contribution in [0.15, 0.2) is 58.7 Å². The van der Waals surface area contributed by atoms with Gasteiger partial charge in [0.1, 0.15) is 23.5 Å². The fraction of sp³-hybridized carbons (Fsp3) is 0.0667. The van der Waals surface area contributed by atoms with Gasteiger partial charge in [-0.25, -0.2) is 4.79 Å². The summed E-state index contributed by atoms with van der Waals surface area (Å²) in [6.07, 6.45) is 1.39. The fourth-order valence-corrected chi connectivity index (χ4v) is 1.69. The zero-order valence-electron chi connectivity index (χ0n) is 10.6. The van der Waals surface area contributed by atoms with Gasteiger partial charge in [0, 0.05) is 11.6 Å². The quantitative estimate of drug-likeness (QED) is 0.622. The summed E-state index contributed by atoms with van der Waals surface area (Å²) in [6, 6.07) is 13.1. The van der Waals surface area contributed by atoms with Crippen molar-refractivity contribution in [2.75, 3.05) is 0 Å². The minimum Gasteiger partial charge on any atom is -0.477 e. The van der Waals surface area contributed by atoms with Crippen molar-refractivity contribution >= 4 is 12.3 Å². The summed E-state index contributed by atoms with van der Waals surface area (Å²) in [5.41, 5.74) is 0.776. The number of nitrogens with one attached hydrogen (secondary N) is 1. The molecule has 102 valence electrons. The highest BCUT2D eigenvalue weighted by Gasteiger charge is 2.08. The lowest BCUT2D eigenvalue weighted by molar-refractivity contribution is -0.133. The molecule has 0 aliphatic carbocycles. The number of hydrogen-bond donors (Lipinski definition) is 2. The van der Waals surface area contributed by atoms with Gasteiger partial charge in [-0.2, -0.15) is 0 Å². The third-order valence-corrected chi connectivity index (χ3v) is 2.64. The summed E-state index contributed by atoms with van der Waals surface area (Å²) in [5.74, 6) is 0.104. The molecule has 0 saturated heterocycles. The first-order valence-electron chi connectivity index (χ1n) is 5.97. The monoisotopic (exact) mass is 271 g/mol. The van der Waals surface area contributed by atoms with E-state index < -0.39 is 5.97 Å². The van der Waals surface area contributed by atoms with E-state index in [1.807, 2.05) is 36.4 Å². The van der Waals surface area contributed by atoms with E-state index in [4.69, 9.17) is 9.52 Å². The Bertz CT molecular complexity index is 628. The van der Waals surface area contributed by atoms with Crippen LogP contribution in [0.1, 0.15) is 5.76 Å². The summed E-state index contributed by atoms with van der Waals surface area (Å²) in [7, 11) is 0. The van der Waals surface area contributed by atoms with E-state index in [1.165, 1.54) is 0 Å². The minimum atomic E-state index is -1.19. The molecule has 1 aromatic heterocycles. The van der Waals surface area contributed by atoms with E-state index in [0.717, 1.165) is 11.6 Å². The summed E-state index contributed by atoms with van der Waals surface area (Å²) in [4.78, 5) is 21.1. The van der Waals surface area contributed by atoms with E-state index in [-0.39, 0.29) is 12.2 Å². The zero-order chi connectivity index (χ0) is 14.4. The molecule has 5 nitrogen and oxygen atoms in total. The lowest BCUT2D eigenvalue weighted by atomic mass is 10.2. The predicted molar refractivity (Wildman–Crippen MR) is 72.8 cm³/mol. The molecule has 0 aliphatic rings. The van der Waals surface area contributed by atoms with E-state index in [1.54, 1.807) is 6.07 Å². The number of aliphatic carboxylic acids is 1.